The van der Waals surface area contributed by atoms with Crippen molar-refractivity contribution in [2.45, 2.75) is 30.8 Å². The standard InChI is InChI=1S/C15H16ClN2O3P/c1-14-12(19)11(8-9-4-6-10(16)7-5-9)13(20)15(2,18(14)17)22(14,3)21/h4-7,11H,8H2,1-3H3. The Morgan fingerprint density at radius 3 is 2.05 bits per heavy atom. The summed E-state index contributed by atoms with van der Waals surface area (Å²) in [5.41, 5.74) is 11.0. The second kappa shape index (κ2) is 4.36. The number of hydrogen-bond acceptors (Lipinski definition) is 3. The van der Waals surface area contributed by atoms with Crippen molar-refractivity contribution >= 4 is 30.3 Å². The van der Waals surface area contributed by atoms with Crippen LogP contribution in [0.15, 0.2) is 24.3 Å². The van der Waals surface area contributed by atoms with Crippen LogP contribution in [0.4, 0.5) is 0 Å². The van der Waals surface area contributed by atoms with Crippen LogP contribution in [0.25, 0.3) is 5.53 Å². The summed E-state index contributed by atoms with van der Waals surface area (Å²) in [5.74, 6) is -1.82. The summed E-state index contributed by atoms with van der Waals surface area (Å²) >= 11 is 5.83. The zero-order valence-electron chi connectivity index (χ0n) is 12.5. The minimum atomic E-state index is -3.17. The number of hydrogen-bond donors (Lipinski definition) is 0. The number of halogens is 1. The summed E-state index contributed by atoms with van der Waals surface area (Å²) in [7, 11) is -3.17. The molecule has 3 heterocycles. The van der Waals surface area contributed by atoms with E-state index in [1.807, 2.05) is 0 Å². The molecular formula is C15H16ClN2O3P. The van der Waals surface area contributed by atoms with E-state index in [9.17, 15) is 19.7 Å². The average molecular weight is 339 g/mol. The highest BCUT2D eigenvalue weighted by Crippen LogP contribution is 2.78. The summed E-state index contributed by atoms with van der Waals surface area (Å²) in [6, 6.07) is 6.91. The van der Waals surface area contributed by atoms with Crippen molar-refractivity contribution in [3.8, 4) is 0 Å². The first-order valence-corrected chi connectivity index (χ1v) is 9.51. The van der Waals surface area contributed by atoms with E-state index >= 15 is 0 Å². The van der Waals surface area contributed by atoms with Gasteiger partial charge in [-0.1, -0.05) is 23.7 Å². The van der Waals surface area contributed by atoms with Crippen LogP contribution in [0.1, 0.15) is 19.4 Å². The van der Waals surface area contributed by atoms with Crippen molar-refractivity contribution in [1.29, 1.82) is 0 Å². The lowest BCUT2D eigenvalue weighted by atomic mass is 9.80. The van der Waals surface area contributed by atoms with Crippen LogP contribution in [0.3, 0.4) is 0 Å². The first kappa shape index (κ1) is 15.6. The van der Waals surface area contributed by atoms with Crippen molar-refractivity contribution in [3.63, 3.8) is 0 Å². The van der Waals surface area contributed by atoms with Crippen LogP contribution in [0.2, 0.25) is 5.02 Å². The SMILES string of the molecule is CC12C(=O)C(Cc3ccc(Cl)cc3)C(=O)C(C)([N+]1=[N-])P2(C)=O. The number of fused-ring (bicyclic) bond motifs is 2. The molecule has 3 fully saturated rings. The summed E-state index contributed by atoms with van der Waals surface area (Å²) in [6.45, 7) is 4.34. The molecular weight excluding hydrogens is 323 g/mol. The Morgan fingerprint density at radius 1 is 1.18 bits per heavy atom. The fourth-order valence-corrected chi connectivity index (χ4v) is 6.72. The van der Waals surface area contributed by atoms with Gasteiger partial charge in [-0.3, -0.25) is 14.3 Å². The molecule has 1 aromatic rings. The predicted octanol–water partition coefficient (Wildman–Crippen LogP) is 3.12. The summed E-state index contributed by atoms with van der Waals surface area (Å²) in [4.78, 5) is 25.4. The molecule has 3 saturated heterocycles. The quantitative estimate of drug-likeness (QED) is 0.472. The van der Waals surface area contributed by atoms with Gasteiger partial charge in [0, 0.05) is 25.5 Å². The van der Waals surface area contributed by atoms with Gasteiger partial charge in [-0.05, 0) is 24.1 Å². The lowest BCUT2D eigenvalue weighted by Gasteiger charge is -2.59. The van der Waals surface area contributed by atoms with E-state index in [0.29, 0.717) is 9.72 Å². The van der Waals surface area contributed by atoms with Crippen molar-refractivity contribution < 1.29 is 18.9 Å². The molecule has 0 aromatic heterocycles. The number of rotatable bonds is 2. The number of nitrogens with zero attached hydrogens (tertiary/aromatic N) is 2. The van der Waals surface area contributed by atoms with Crippen molar-refractivity contribution in [2.75, 3.05) is 6.66 Å². The van der Waals surface area contributed by atoms with Gasteiger partial charge in [-0.15, -0.1) is 0 Å². The van der Waals surface area contributed by atoms with E-state index in [1.165, 1.54) is 20.5 Å². The molecule has 1 aromatic carbocycles. The van der Waals surface area contributed by atoms with Gasteiger partial charge in [-0.25, -0.2) is 0 Å². The molecule has 116 valence electrons. The Labute approximate surface area is 133 Å². The van der Waals surface area contributed by atoms with E-state index in [-0.39, 0.29) is 6.42 Å². The van der Waals surface area contributed by atoms with Crippen LogP contribution < -0.4 is 0 Å². The highest BCUT2D eigenvalue weighted by molar-refractivity contribution is 7.69. The van der Waals surface area contributed by atoms with Gasteiger partial charge >= 0.3 is 0 Å². The third-order valence-corrected chi connectivity index (χ3v) is 9.80. The van der Waals surface area contributed by atoms with Crippen molar-refractivity contribution in [1.82, 2.24) is 0 Å². The van der Waals surface area contributed by atoms with Gasteiger partial charge in [0.15, 0.2) is 0 Å². The van der Waals surface area contributed by atoms with Crippen LogP contribution in [0.5, 0.6) is 0 Å². The van der Waals surface area contributed by atoms with Crippen LogP contribution in [0, 0.1) is 5.92 Å². The first-order valence-electron chi connectivity index (χ1n) is 6.98. The van der Waals surface area contributed by atoms with Crippen molar-refractivity contribution in [2.24, 2.45) is 5.92 Å². The smallest absolute Gasteiger partial charge is 0.266 e. The molecule has 0 amide bonds. The van der Waals surface area contributed by atoms with Crippen LogP contribution in [-0.2, 0) is 20.6 Å². The topological polar surface area (TPSA) is 76.5 Å². The van der Waals surface area contributed by atoms with Gasteiger partial charge < -0.3 is 10.1 Å². The van der Waals surface area contributed by atoms with Gasteiger partial charge in [0.05, 0.1) is 5.92 Å². The van der Waals surface area contributed by atoms with Crippen LogP contribution in [-0.4, -0.2) is 33.5 Å². The maximum atomic E-state index is 12.9. The number of piperidine rings is 1. The minimum absolute atomic E-state index is 0.230. The van der Waals surface area contributed by atoms with Gasteiger partial charge in [0.25, 0.3) is 10.6 Å². The molecule has 7 heteroatoms. The predicted molar refractivity (Wildman–Crippen MR) is 82.6 cm³/mol. The molecule has 3 aliphatic heterocycles. The zero-order valence-corrected chi connectivity index (χ0v) is 14.2. The molecule has 0 aliphatic carbocycles. The molecule has 0 radical (unpaired) electrons. The monoisotopic (exact) mass is 338 g/mol. The number of ketones is 2. The second-order valence-electron chi connectivity index (χ2n) is 6.39. The zero-order chi connectivity index (χ0) is 16.5. The normalized spacial score (nSPS) is 40.5. The molecule has 2 atom stereocenters. The number of carbonyl (C=O) groups excluding carboxylic acids is 2. The first-order chi connectivity index (χ1) is 10.1. The molecule has 3 aliphatic rings. The molecule has 22 heavy (non-hydrogen) atoms. The van der Waals surface area contributed by atoms with Gasteiger partial charge in [0.2, 0.25) is 18.7 Å². The Balaban J connectivity index is 2.01. The fraction of sp³-hybridized carbons (Fsp3) is 0.467. The Morgan fingerprint density at radius 2 is 1.64 bits per heavy atom. The van der Waals surface area contributed by atoms with E-state index < -0.39 is 35.2 Å². The minimum Gasteiger partial charge on any atom is -0.504 e. The van der Waals surface area contributed by atoms with E-state index in [1.54, 1.807) is 24.3 Å². The van der Waals surface area contributed by atoms with Crippen LogP contribution >= 0.6 is 18.7 Å². The third kappa shape index (κ3) is 1.49. The number of carbonyl (C=O) groups is 2. The van der Waals surface area contributed by atoms with E-state index in [0.717, 1.165) is 5.56 Å². The lowest BCUT2D eigenvalue weighted by Crippen LogP contribution is -2.77. The van der Waals surface area contributed by atoms with Crippen molar-refractivity contribution in [3.05, 3.63) is 40.4 Å². The lowest BCUT2D eigenvalue weighted by molar-refractivity contribution is -0.652. The van der Waals surface area contributed by atoms with E-state index in [4.69, 9.17) is 11.6 Å². The number of Topliss-reactive ketones (excluding diaryl/α,β-unsaturated/α-hetero) is 2. The molecule has 0 saturated carbocycles. The van der Waals surface area contributed by atoms with Gasteiger partial charge in [-0.2, -0.15) is 0 Å². The summed E-state index contributed by atoms with van der Waals surface area (Å²) in [5, 5.41) is -2.36. The molecule has 2 bridgehead atoms. The highest BCUT2D eigenvalue weighted by atomic mass is 35.5. The molecule has 0 spiro atoms. The molecule has 5 nitrogen and oxygen atoms in total. The second-order valence-corrected chi connectivity index (χ2v) is 10.4. The molecule has 4 rings (SSSR count). The number of benzene rings is 1. The third-order valence-electron chi connectivity index (χ3n) is 5.41. The Hall–Kier alpha value is -1.32. The summed E-state index contributed by atoms with van der Waals surface area (Å²) in [6.07, 6.45) is 0.230. The van der Waals surface area contributed by atoms with E-state index in [2.05, 4.69) is 0 Å². The fourth-order valence-electron chi connectivity index (χ4n) is 3.61. The Bertz CT molecular complexity index is 739. The van der Waals surface area contributed by atoms with Gasteiger partial charge in [0.1, 0.15) is 0 Å². The maximum absolute atomic E-state index is 12.9. The maximum Gasteiger partial charge on any atom is 0.266 e. The molecule has 0 N–H and O–H groups in total. The Kier molecular flexibility index (Phi) is 3.09. The largest absolute Gasteiger partial charge is 0.504 e. The average Bonchev–Trinajstić information content (AvgIpc) is 2.48. The molecule has 2 unspecified atom stereocenters. The summed E-state index contributed by atoms with van der Waals surface area (Å²) < 4.78 is 13.6. The highest BCUT2D eigenvalue weighted by Gasteiger charge is 2.86.